The molecule has 0 heterocycles. The van der Waals surface area contributed by atoms with E-state index in [0.717, 1.165) is 32.7 Å². The van der Waals surface area contributed by atoms with Crippen molar-refractivity contribution in [2.75, 3.05) is 7.05 Å². The molecule has 0 radical (unpaired) electrons. The molecule has 0 aromatic heterocycles. The Hall–Kier alpha value is -3.04. The Morgan fingerprint density at radius 3 is 1.50 bits per heavy atom. The molecular weight excluding hydrogens is 322 g/mol. The van der Waals surface area contributed by atoms with Crippen molar-refractivity contribution in [1.82, 2.24) is 4.90 Å². The Kier molecular flexibility index (Phi) is 4.23. The van der Waals surface area contributed by atoms with Crippen molar-refractivity contribution in [3.63, 3.8) is 0 Å². The molecule has 0 fully saturated rings. The Morgan fingerprint density at radius 1 is 0.615 bits per heavy atom. The zero-order valence-electron chi connectivity index (χ0n) is 14.7. The number of hydrogen-bond acceptors (Lipinski definition) is 3. The minimum absolute atomic E-state index is 0.303. The second-order valence-electron chi connectivity index (χ2n) is 6.74. The van der Waals surface area contributed by atoms with Crippen LogP contribution in [0.3, 0.4) is 0 Å². The molecule has 2 N–H and O–H groups in total. The van der Waals surface area contributed by atoms with E-state index in [1.165, 1.54) is 0 Å². The van der Waals surface area contributed by atoms with Crippen LogP contribution in [-0.4, -0.2) is 22.2 Å². The van der Waals surface area contributed by atoms with Crippen LogP contribution in [-0.2, 0) is 13.1 Å². The van der Waals surface area contributed by atoms with Gasteiger partial charge in [-0.15, -0.1) is 0 Å². The van der Waals surface area contributed by atoms with E-state index in [4.69, 9.17) is 0 Å². The van der Waals surface area contributed by atoms with Gasteiger partial charge in [0.1, 0.15) is 11.5 Å². The average molecular weight is 343 g/mol. The van der Waals surface area contributed by atoms with Crippen LogP contribution in [0.25, 0.3) is 21.5 Å². The molecule has 4 aromatic carbocycles. The molecule has 0 atom stereocenters. The van der Waals surface area contributed by atoms with Crippen LogP contribution in [0, 0.1) is 0 Å². The van der Waals surface area contributed by atoms with Crippen LogP contribution in [0.5, 0.6) is 11.5 Å². The molecule has 3 heteroatoms. The molecule has 26 heavy (non-hydrogen) atoms. The van der Waals surface area contributed by atoms with Gasteiger partial charge < -0.3 is 10.2 Å². The maximum Gasteiger partial charge on any atom is 0.120 e. The van der Waals surface area contributed by atoms with Crippen molar-refractivity contribution in [2.45, 2.75) is 13.1 Å². The molecule has 0 unspecified atom stereocenters. The van der Waals surface area contributed by atoms with E-state index in [1.54, 1.807) is 12.1 Å². The topological polar surface area (TPSA) is 43.7 Å². The molecule has 0 spiro atoms. The first-order chi connectivity index (χ1) is 12.6. The maximum atomic E-state index is 10.4. The molecule has 0 aliphatic rings. The molecule has 0 aliphatic heterocycles. The minimum Gasteiger partial charge on any atom is -0.508 e. The van der Waals surface area contributed by atoms with Crippen molar-refractivity contribution < 1.29 is 10.2 Å². The summed E-state index contributed by atoms with van der Waals surface area (Å²) in [6, 6.07) is 23.5. The largest absolute Gasteiger partial charge is 0.508 e. The Bertz CT molecular complexity index is 1000. The fraction of sp³-hybridized carbons (Fsp3) is 0.130. The van der Waals surface area contributed by atoms with Gasteiger partial charge in [0.2, 0.25) is 0 Å². The van der Waals surface area contributed by atoms with Crippen molar-refractivity contribution in [2.24, 2.45) is 0 Å². The lowest BCUT2D eigenvalue weighted by atomic mass is 10.0. The van der Waals surface area contributed by atoms with E-state index in [1.807, 2.05) is 55.6 Å². The van der Waals surface area contributed by atoms with Crippen molar-refractivity contribution in [3.8, 4) is 11.5 Å². The summed E-state index contributed by atoms with van der Waals surface area (Å²) >= 11 is 0. The summed E-state index contributed by atoms with van der Waals surface area (Å²) in [4.78, 5) is 2.11. The molecule has 0 saturated heterocycles. The SMILES string of the molecule is CN(Cc1c(O)ccc2ccccc12)Cc1c(O)ccc2ccccc12. The first-order valence-corrected chi connectivity index (χ1v) is 8.71. The van der Waals surface area contributed by atoms with Crippen molar-refractivity contribution in [1.29, 1.82) is 0 Å². The van der Waals surface area contributed by atoms with Crippen molar-refractivity contribution >= 4 is 21.5 Å². The fourth-order valence-corrected chi connectivity index (χ4v) is 3.58. The highest BCUT2D eigenvalue weighted by atomic mass is 16.3. The van der Waals surface area contributed by atoms with Crippen LogP contribution in [0.15, 0.2) is 72.8 Å². The molecule has 0 saturated carbocycles. The lowest BCUT2D eigenvalue weighted by Gasteiger charge is -2.20. The zero-order chi connectivity index (χ0) is 18.1. The summed E-state index contributed by atoms with van der Waals surface area (Å²) < 4.78 is 0. The number of phenols is 2. The Labute approximate surface area is 152 Å². The second-order valence-corrected chi connectivity index (χ2v) is 6.74. The second kappa shape index (κ2) is 6.70. The number of nitrogens with zero attached hydrogens (tertiary/aromatic N) is 1. The average Bonchev–Trinajstić information content (AvgIpc) is 2.66. The number of phenolic OH excluding ortho intramolecular Hbond substituents is 2. The summed E-state index contributed by atoms with van der Waals surface area (Å²) in [5, 5.41) is 25.1. The fourth-order valence-electron chi connectivity index (χ4n) is 3.58. The van der Waals surface area contributed by atoms with Crippen LogP contribution < -0.4 is 0 Å². The zero-order valence-corrected chi connectivity index (χ0v) is 14.7. The lowest BCUT2D eigenvalue weighted by Crippen LogP contribution is -2.18. The molecule has 4 rings (SSSR count). The summed E-state index contributed by atoms with van der Waals surface area (Å²) in [5.74, 6) is 0.607. The first-order valence-electron chi connectivity index (χ1n) is 8.71. The third-order valence-corrected chi connectivity index (χ3v) is 4.89. The molecular formula is C23H21NO2. The number of benzene rings is 4. The van der Waals surface area contributed by atoms with Gasteiger partial charge in [-0.3, -0.25) is 4.90 Å². The van der Waals surface area contributed by atoms with Crippen LogP contribution in [0.4, 0.5) is 0 Å². The van der Waals surface area contributed by atoms with Gasteiger partial charge in [0.15, 0.2) is 0 Å². The molecule has 0 amide bonds. The predicted molar refractivity (Wildman–Crippen MR) is 106 cm³/mol. The summed E-state index contributed by atoms with van der Waals surface area (Å²) in [6.07, 6.45) is 0. The van der Waals surface area contributed by atoms with Crippen molar-refractivity contribution in [3.05, 3.63) is 83.9 Å². The highest BCUT2D eigenvalue weighted by Crippen LogP contribution is 2.31. The number of fused-ring (bicyclic) bond motifs is 2. The molecule has 130 valence electrons. The van der Waals surface area contributed by atoms with Gasteiger partial charge in [0.05, 0.1) is 0 Å². The van der Waals surface area contributed by atoms with E-state index >= 15 is 0 Å². The minimum atomic E-state index is 0.303. The Balaban J connectivity index is 1.68. The third kappa shape index (κ3) is 2.98. The third-order valence-electron chi connectivity index (χ3n) is 4.89. The van der Waals surface area contributed by atoms with E-state index in [-0.39, 0.29) is 0 Å². The van der Waals surface area contributed by atoms with Gasteiger partial charge >= 0.3 is 0 Å². The highest BCUT2D eigenvalue weighted by molar-refractivity contribution is 5.88. The summed E-state index contributed by atoms with van der Waals surface area (Å²) in [6.45, 7) is 1.19. The van der Waals surface area contributed by atoms with E-state index in [9.17, 15) is 10.2 Å². The first kappa shape index (κ1) is 16.4. The molecule has 0 aliphatic carbocycles. The lowest BCUT2D eigenvalue weighted by molar-refractivity contribution is 0.309. The molecule has 3 nitrogen and oxygen atoms in total. The van der Waals surface area contributed by atoms with Gasteiger partial charge in [0.25, 0.3) is 0 Å². The highest BCUT2D eigenvalue weighted by Gasteiger charge is 2.13. The standard InChI is InChI=1S/C23H21NO2/c1-24(14-20-18-8-4-2-6-16(18)10-12-22(20)25)15-21-19-9-5-3-7-17(19)11-13-23(21)26/h2-13,25-26H,14-15H2,1H3. The van der Waals surface area contributed by atoms with E-state index in [2.05, 4.69) is 17.0 Å². The normalized spacial score (nSPS) is 11.5. The van der Waals surface area contributed by atoms with Gasteiger partial charge in [-0.25, -0.2) is 0 Å². The number of aromatic hydroxyl groups is 2. The van der Waals surface area contributed by atoms with E-state index < -0.39 is 0 Å². The van der Waals surface area contributed by atoms with Gasteiger partial charge in [-0.1, -0.05) is 60.7 Å². The number of hydrogen-bond donors (Lipinski definition) is 2. The van der Waals surface area contributed by atoms with E-state index in [0.29, 0.717) is 24.6 Å². The van der Waals surface area contributed by atoms with Crippen LogP contribution in [0.2, 0.25) is 0 Å². The molecule has 4 aromatic rings. The predicted octanol–water partition coefficient (Wildman–Crippen LogP) is 5.04. The quantitative estimate of drug-likeness (QED) is 0.546. The van der Waals surface area contributed by atoms with Gasteiger partial charge in [0, 0.05) is 24.2 Å². The summed E-state index contributed by atoms with van der Waals surface area (Å²) in [5.41, 5.74) is 1.82. The van der Waals surface area contributed by atoms with Crippen LogP contribution >= 0.6 is 0 Å². The van der Waals surface area contributed by atoms with Gasteiger partial charge in [-0.05, 0) is 40.7 Å². The molecule has 0 bridgehead atoms. The number of rotatable bonds is 4. The van der Waals surface area contributed by atoms with Crippen LogP contribution in [0.1, 0.15) is 11.1 Å². The maximum absolute atomic E-state index is 10.4. The monoisotopic (exact) mass is 343 g/mol. The smallest absolute Gasteiger partial charge is 0.120 e. The van der Waals surface area contributed by atoms with Gasteiger partial charge in [-0.2, -0.15) is 0 Å². The summed E-state index contributed by atoms with van der Waals surface area (Å²) in [7, 11) is 2.00. The Morgan fingerprint density at radius 2 is 1.04 bits per heavy atom.